The van der Waals surface area contributed by atoms with Crippen LogP contribution in [0.5, 0.6) is 0 Å². The molecule has 0 aliphatic carbocycles. The van der Waals surface area contributed by atoms with Crippen molar-refractivity contribution in [3.8, 4) is 0 Å². The zero-order valence-electron chi connectivity index (χ0n) is 9.61. The van der Waals surface area contributed by atoms with E-state index in [0.717, 1.165) is 0 Å². The normalized spacial score (nSPS) is 7.11. The molecule has 0 heterocycles. The molecule has 0 aromatic rings. The maximum Gasteiger partial charge on any atom is 0.281 e. The minimum atomic E-state index is -2.50. The van der Waals surface area contributed by atoms with Crippen LogP contribution in [0.15, 0.2) is 0 Å². The Morgan fingerprint density at radius 1 is 0.833 bits per heavy atom. The summed E-state index contributed by atoms with van der Waals surface area (Å²) in [7, 11) is 0. The first-order chi connectivity index (χ1) is 7.24. The van der Waals surface area contributed by atoms with E-state index in [1.54, 1.807) is 0 Å². The molecule has 0 aromatic heterocycles. The van der Waals surface area contributed by atoms with Gasteiger partial charge in [-0.2, -0.15) is 0 Å². The van der Waals surface area contributed by atoms with E-state index >= 15 is 0 Å². The monoisotopic (exact) mass is 608 g/mol. The minimum absolute atomic E-state index is 0. The summed E-state index contributed by atoms with van der Waals surface area (Å²) in [5.74, 6) is 0. The van der Waals surface area contributed by atoms with Gasteiger partial charge in [-0.05, 0) is 0 Å². The van der Waals surface area contributed by atoms with Gasteiger partial charge in [-0.3, -0.25) is 30.5 Å². The third-order valence-electron chi connectivity index (χ3n) is 0.144. The minimum Gasteiger partial charge on any atom is -0.544 e. The van der Waals surface area contributed by atoms with E-state index in [1.807, 2.05) is 0 Å². The SMILES string of the molecule is NC(N)(O)O.NCN.NCN.O=[C-]C[C-]=O.[W].[W]. The Morgan fingerprint density at radius 3 is 0.944 bits per heavy atom. The van der Waals surface area contributed by atoms with Crippen LogP contribution in [0.25, 0.3) is 0 Å². The third-order valence-corrected chi connectivity index (χ3v) is 0.144. The molecule has 12 heteroatoms. The fraction of sp³-hybridized carbons (Fsp3) is 0.667. The van der Waals surface area contributed by atoms with Gasteiger partial charge in [-0.25, -0.2) is 0 Å². The van der Waals surface area contributed by atoms with Gasteiger partial charge in [0.2, 0.25) is 0 Å². The van der Waals surface area contributed by atoms with Gasteiger partial charge in [-0.1, -0.05) is 0 Å². The van der Waals surface area contributed by atoms with Crippen molar-refractivity contribution in [1.29, 1.82) is 0 Å². The predicted octanol–water partition coefficient (Wildman–Crippen LogP) is -5.19. The first kappa shape index (κ1) is 36.2. The van der Waals surface area contributed by atoms with Gasteiger partial charge >= 0.3 is 0 Å². The Labute approximate surface area is 134 Å². The molecule has 0 rings (SSSR count). The summed E-state index contributed by atoms with van der Waals surface area (Å²) in [6.45, 7) is 0.500. The summed E-state index contributed by atoms with van der Waals surface area (Å²) < 4.78 is 0. The Hall–Kier alpha value is 0.397. The number of nitrogens with two attached hydrogens (primary N) is 6. The van der Waals surface area contributed by atoms with Crippen LogP contribution < -0.4 is 34.4 Å². The van der Waals surface area contributed by atoms with Crippen molar-refractivity contribution in [2.45, 2.75) is 12.5 Å². The fourth-order valence-corrected chi connectivity index (χ4v) is 0.0295. The fourth-order valence-electron chi connectivity index (χ4n) is 0.0295. The van der Waals surface area contributed by atoms with Gasteiger partial charge in [0.05, 0.1) is 0 Å². The molecule has 0 unspecified atom stereocenters. The molecule has 0 amide bonds. The Kier molecular flexibility index (Phi) is 72.5. The molecule has 0 aliphatic heterocycles. The van der Waals surface area contributed by atoms with Crippen molar-refractivity contribution in [3.05, 3.63) is 0 Å². The zero-order valence-corrected chi connectivity index (χ0v) is 15.5. The van der Waals surface area contributed by atoms with Gasteiger partial charge in [0.1, 0.15) is 0 Å². The molecule has 0 aromatic carbocycles. The van der Waals surface area contributed by atoms with Crippen molar-refractivity contribution in [2.24, 2.45) is 34.4 Å². The van der Waals surface area contributed by atoms with Crippen molar-refractivity contribution in [2.75, 3.05) is 13.3 Å². The summed E-state index contributed by atoms with van der Waals surface area (Å²) in [5, 5.41) is 15.3. The quantitative estimate of drug-likeness (QED) is 0.0845. The molecule has 0 fully saturated rings. The Balaban J connectivity index is -0.0000000265. The predicted molar refractivity (Wildman–Crippen MR) is 58.0 cm³/mol. The van der Waals surface area contributed by atoms with Crippen molar-refractivity contribution in [1.82, 2.24) is 0 Å². The molecule has 0 bridgehead atoms. The molecule has 0 saturated heterocycles. The zero-order chi connectivity index (χ0) is 14.0. The van der Waals surface area contributed by atoms with Crippen molar-refractivity contribution in [3.63, 3.8) is 0 Å². The van der Waals surface area contributed by atoms with E-state index in [9.17, 15) is 0 Å². The van der Waals surface area contributed by atoms with Crippen LogP contribution in [0.1, 0.15) is 6.42 Å². The summed E-state index contributed by atoms with van der Waals surface area (Å²) in [4.78, 5) is 18.0. The Bertz CT molecular complexity index is 124. The van der Waals surface area contributed by atoms with Gasteiger partial charge < -0.3 is 42.7 Å². The van der Waals surface area contributed by atoms with Crippen LogP contribution in [-0.4, -0.2) is 42.2 Å². The van der Waals surface area contributed by atoms with Crippen LogP contribution in [-0.2, 0) is 51.7 Å². The molecule has 10 nitrogen and oxygen atoms in total. The second-order valence-corrected chi connectivity index (χ2v) is 1.72. The first-order valence-electron chi connectivity index (χ1n) is 3.77. The third kappa shape index (κ3) is 677. The number of hydrogen-bond donors (Lipinski definition) is 8. The summed E-state index contributed by atoms with van der Waals surface area (Å²) >= 11 is 0. The number of aliphatic hydroxyl groups is 2. The number of hydrogen-bond acceptors (Lipinski definition) is 10. The summed E-state index contributed by atoms with van der Waals surface area (Å²) in [6.07, 6.45) is 2.47. The van der Waals surface area contributed by atoms with E-state index in [-0.39, 0.29) is 61.9 Å². The average molecular weight is 608 g/mol. The van der Waals surface area contributed by atoms with Crippen molar-refractivity contribution >= 4 is 12.6 Å². The van der Waals surface area contributed by atoms with Gasteiger partial charge in [0.25, 0.3) is 6.03 Å². The molecular weight excluding hydrogens is 588 g/mol. The van der Waals surface area contributed by atoms with Crippen LogP contribution in [0.3, 0.4) is 0 Å². The maximum atomic E-state index is 9.02. The molecule has 0 saturated carbocycles. The number of carbonyl (C=O) groups excluding carboxylic acids is 2. The molecule has 14 N–H and O–H groups in total. The second-order valence-electron chi connectivity index (χ2n) is 1.72. The van der Waals surface area contributed by atoms with Crippen LogP contribution >= 0.6 is 0 Å². The second kappa shape index (κ2) is 36.0. The van der Waals surface area contributed by atoms with E-state index < -0.39 is 6.03 Å². The first-order valence-corrected chi connectivity index (χ1v) is 3.77. The van der Waals surface area contributed by atoms with E-state index in [1.165, 1.54) is 12.6 Å². The summed E-state index contributed by atoms with van der Waals surface area (Å²) in [6, 6.07) is -2.50. The van der Waals surface area contributed by atoms with Gasteiger partial charge in [0.15, 0.2) is 0 Å². The molecule has 0 radical (unpaired) electrons. The van der Waals surface area contributed by atoms with E-state index in [0.29, 0.717) is 0 Å². The smallest absolute Gasteiger partial charge is 0.281 e. The van der Waals surface area contributed by atoms with E-state index in [2.05, 4.69) is 34.4 Å². The van der Waals surface area contributed by atoms with Crippen LogP contribution in [0, 0.1) is 0 Å². The molecule has 0 atom stereocenters. The standard InChI is InChI=1S/C3H2O2.CH6N2O2.2CH6N2.2W/c4-2-1-3-5;2-1(3,4)5;2*2-1-3;;/h1H2;4-5H,2-3H2;2*1-3H2;;/q-2;;;;;. The van der Waals surface area contributed by atoms with E-state index in [4.69, 9.17) is 19.8 Å². The van der Waals surface area contributed by atoms with Crippen molar-refractivity contribution < 1.29 is 61.9 Å². The Morgan fingerprint density at radius 2 is 0.944 bits per heavy atom. The van der Waals surface area contributed by atoms with Crippen LogP contribution in [0.2, 0.25) is 0 Å². The summed E-state index contributed by atoms with van der Waals surface area (Å²) in [5.41, 5.74) is 27.0. The van der Waals surface area contributed by atoms with Gasteiger partial charge in [0, 0.05) is 55.5 Å². The topological polar surface area (TPSA) is 231 Å². The largest absolute Gasteiger partial charge is 0.544 e. The molecule has 18 heavy (non-hydrogen) atoms. The molecule has 0 spiro atoms. The average Bonchev–Trinajstić information content (AvgIpc) is 2.05. The molecular formula is C6H20N6O4W2-2. The molecule has 0 aliphatic rings. The number of rotatable bonds is 2. The maximum absolute atomic E-state index is 9.02. The molecule has 112 valence electrons. The van der Waals surface area contributed by atoms with Gasteiger partial charge in [-0.15, -0.1) is 0 Å². The van der Waals surface area contributed by atoms with Crippen LogP contribution in [0.4, 0.5) is 0 Å².